The van der Waals surface area contributed by atoms with Crippen molar-refractivity contribution < 1.29 is 9.50 Å². The third-order valence-electron chi connectivity index (χ3n) is 4.03. The van der Waals surface area contributed by atoms with Crippen molar-refractivity contribution in [1.82, 2.24) is 4.98 Å². The lowest BCUT2D eigenvalue weighted by Gasteiger charge is -2.11. The quantitative estimate of drug-likeness (QED) is 0.536. The first-order valence-electron chi connectivity index (χ1n) is 7.66. The van der Waals surface area contributed by atoms with Crippen molar-refractivity contribution in [2.75, 3.05) is 0 Å². The molecule has 0 bridgehead atoms. The minimum atomic E-state index is -0.304. The van der Waals surface area contributed by atoms with Crippen molar-refractivity contribution in [2.24, 2.45) is 0 Å². The number of pyridine rings is 1. The largest absolute Gasteiger partial charge is 0.508 e. The summed E-state index contributed by atoms with van der Waals surface area (Å²) in [6, 6.07) is 23.3. The summed E-state index contributed by atoms with van der Waals surface area (Å²) < 4.78 is 14.2. The number of phenolic OH excluding ortho intramolecular Hbond substituents is 1. The molecule has 116 valence electrons. The Kier molecular flexibility index (Phi) is 3.47. The predicted octanol–water partition coefficient (Wildman–Crippen LogP) is 5.41. The highest BCUT2D eigenvalue weighted by atomic mass is 19.1. The second-order valence-corrected chi connectivity index (χ2v) is 5.60. The van der Waals surface area contributed by atoms with E-state index in [1.807, 2.05) is 36.4 Å². The van der Waals surface area contributed by atoms with Gasteiger partial charge in [0.2, 0.25) is 0 Å². The first kappa shape index (κ1) is 14.4. The molecule has 1 aromatic heterocycles. The fourth-order valence-electron chi connectivity index (χ4n) is 2.88. The maximum Gasteiger partial charge on any atom is 0.132 e. The van der Waals surface area contributed by atoms with E-state index in [0.717, 1.165) is 16.5 Å². The van der Waals surface area contributed by atoms with Gasteiger partial charge in [-0.05, 0) is 47.5 Å². The van der Waals surface area contributed by atoms with Gasteiger partial charge in [0.25, 0.3) is 0 Å². The molecule has 0 atom stereocenters. The maximum atomic E-state index is 14.2. The van der Waals surface area contributed by atoms with Crippen LogP contribution in [-0.2, 0) is 0 Å². The Bertz CT molecular complexity index is 1030. The van der Waals surface area contributed by atoms with Crippen LogP contribution in [0.5, 0.6) is 5.75 Å². The summed E-state index contributed by atoms with van der Waals surface area (Å²) in [5.74, 6) is -0.123. The second kappa shape index (κ2) is 5.78. The van der Waals surface area contributed by atoms with E-state index in [1.54, 1.807) is 36.4 Å². The van der Waals surface area contributed by atoms with E-state index in [1.165, 1.54) is 6.07 Å². The monoisotopic (exact) mass is 315 g/mol. The number of hydrogen-bond donors (Lipinski definition) is 1. The summed E-state index contributed by atoms with van der Waals surface area (Å²) in [7, 11) is 0. The number of aromatic hydroxyl groups is 1. The normalized spacial score (nSPS) is 10.9. The summed E-state index contributed by atoms with van der Waals surface area (Å²) in [4.78, 5) is 4.58. The summed E-state index contributed by atoms with van der Waals surface area (Å²) in [5, 5.41) is 10.7. The molecule has 0 aliphatic carbocycles. The van der Waals surface area contributed by atoms with E-state index < -0.39 is 0 Å². The molecular formula is C21H14FNO. The van der Waals surface area contributed by atoms with E-state index in [0.29, 0.717) is 16.8 Å². The van der Waals surface area contributed by atoms with Gasteiger partial charge < -0.3 is 5.11 Å². The number of halogens is 1. The van der Waals surface area contributed by atoms with Crippen LogP contribution in [0.1, 0.15) is 0 Å². The third-order valence-corrected chi connectivity index (χ3v) is 4.03. The van der Waals surface area contributed by atoms with Gasteiger partial charge in [-0.15, -0.1) is 0 Å². The van der Waals surface area contributed by atoms with Gasteiger partial charge >= 0.3 is 0 Å². The van der Waals surface area contributed by atoms with Gasteiger partial charge in [0.05, 0.1) is 11.2 Å². The third kappa shape index (κ3) is 2.50. The average molecular weight is 315 g/mol. The first-order valence-corrected chi connectivity index (χ1v) is 7.66. The Morgan fingerprint density at radius 3 is 2.29 bits per heavy atom. The van der Waals surface area contributed by atoms with Crippen molar-refractivity contribution in [3.63, 3.8) is 0 Å². The molecule has 0 spiro atoms. The molecule has 2 nitrogen and oxygen atoms in total. The number of benzene rings is 3. The highest BCUT2D eigenvalue weighted by molar-refractivity contribution is 5.97. The van der Waals surface area contributed by atoms with E-state index >= 15 is 0 Å². The zero-order chi connectivity index (χ0) is 16.5. The molecule has 4 aromatic rings. The van der Waals surface area contributed by atoms with Gasteiger partial charge in [-0.2, -0.15) is 0 Å². The minimum Gasteiger partial charge on any atom is -0.508 e. The second-order valence-electron chi connectivity index (χ2n) is 5.60. The Hall–Kier alpha value is -3.20. The van der Waals surface area contributed by atoms with Crippen LogP contribution >= 0.6 is 0 Å². The van der Waals surface area contributed by atoms with Crippen molar-refractivity contribution in [2.45, 2.75) is 0 Å². The lowest BCUT2D eigenvalue weighted by Crippen LogP contribution is -1.92. The predicted molar refractivity (Wildman–Crippen MR) is 94.2 cm³/mol. The van der Waals surface area contributed by atoms with E-state index in [2.05, 4.69) is 4.98 Å². The highest BCUT2D eigenvalue weighted by Crippen LogP contribution is 2.34. The molecule has 24 heavy (non-hydrogen) atoms. The fourth-order valence-corrected chi connectivity index (χ4v) is 2.88. The van der Waals surface area contributed by atoms with Gasteiger partial charge in [0.1, 0.15) is 11.6 Å². The van der Waals surface area contributed by atoms with Crippen molar-refractivity contribution in [1.29, 1.82) is 0 Å². The number of phenols is 1. The van der Waals surface area contributed by atoms with Crippen LogP contribution in [0.15, 0.2) is 78.9 Å². The zero-order valence-corrected chi connectivity index (χ0v) is 12.8. The summed E-state index contributed by atoms with van der Waals surface area (Å²) in [6.45, 7) is 0. The van der Waals surface area contributed by atoms with Gasteiger partial charge in [-0.3, -0.25) is 0 Å². The van der Waals surface area contributed by atoms with Crippen LogP contribution in [0.3, 0.4) is 0 Å². The topological polar surface area (TPSA) is 33.1 Å². The number of hydrogen-bond acceptors (Lipinski definition) is 2. The van der Waals surface area contributed by atoms with Crippen LogP contribution in [0.2, 0.25) is 0 Å². The number of nitrogens with zero attached hydrogens (tertiary/aromatic N) is 1. The molecule has 0 saturated heterocycles. The molecule has 1 N–H and O–H groups in total. The molecule has 1 heterocycles. The molecule has 3 aromatic carbocycles. The van der Waals surface area contributed by atoms with Crippen LogP contribution < -0.4 is 0 Å². The van der Waals surface area contributed by atoms with E-state index in [4.69, 9.17) is 0 Å². The lowest BCUT2D eigenvalue weighted by atomic mass is 9.98. The Labute approximate surface area is 138 Å². The molecule has 0 amide bonds. The van der Waals surface area contributed by atoms with E-state index in [9.17, 15) is 9.50 Å². The highest BCUT2D eigenvalue weighted by Gasteiger charge is 2.12. The van der Waals surface area contributed by atoms with Crippen LogP contribution in [0.25, 0.3) is 33.3 Å². The molecule has 0 aliphatic rings. The Morgan fingerprint density at radius 2 is 1.50 bits per heavy atom. The smallest absolute Gasteiger partial charge is 0.132 e. The molecule has 0 saturated carbocycles. The van der Waals surface area contributed by atoms with Crippen LogP contribution in [-0.4, -0.2) is 10.1 Å². The van der Waals surface area contributed by atoms with Crippen molar-refractivity contribution in [3.05, 3.63) is 84.7 Å². The van der Waals surface area contributed by atoms with Crippen LogP contribution in [0.4, 0.5) is 4.39 Å². The van der Waals surface area contributed by atoms with Gasteiger partial charge in [0, 0.05) is 10.9 Å². The maximum absolute atomic E-state index is 14.2. The van der Waals surface area contributed by atoms with Crippen molar-refractivity contribution >= 4 is 10.9 Å². The number of rotatable bonds is 2. The zero-order valence-electron chi connectivity index (χ0n) is 12.8. The van der Waals surface area contributed by atoms with Gasteiger partial charge in [-0.25, -0.2) is 9.37 Å². The average Bonchev–Trinajstić information content (AvgIpc) is 2.62. The molecule has 0 radical (unpaired) electrons. The van der Waals surface area contributed by atoms with E-state index in [-0.39, 0.29) is 11.6 Å². The molecule has 0 aliphatic heterocycles. The Morgan fingerprint density at radius 1 is 0.750 bits per heavy atom. The molecule has 3 heteroatoms. The summed E-state index contributed by atoms with van der Waals surface area (Å²) in [6.07, 6.45) is 0. The Balaban J connectivity index is 2.05. The number of aromatic nitrogens is 1. The molecular weight excluding hydrogens is 301 g/mol. The minimum absolute atomic E-state index is 0.181. The van der Waals surface area contributed by atoms with Crippen molar-refractivity contribution in [3.8, 4) is 28.1 Å². The van der Waals surface area contributed by atoms with Gasteiger partial charge in [-0.1, -0.05) is 42.5 Å². The molecule has 4 rings (SSSR count). The standard InChI is InChI=1S/C21H14FNO/c22-19-9-5-4-8-16(19)21-13-17(14-6-2-1-3-7-14)18-12-15(24)10-11-20(18)23-21/h1-13,24H. The number of fused-ring (bicyclic) bond motifs is 1. The lowest BCUT2D eigenvalue weighted by molar-refractivity contribution is 0.476. The fraction of sp³-hybridized carbons (Fsp3) is 0. The summed E-state index contributed by atoms with van der Waals surface area (Å²) in [5.41, 5.74) is 3.66. The SMILES string of the molecule is Oc1ccc2nc(-c3ccccc3F)cc(-c3ccccc3)c2c1. The van der Waals surface area contributed by atoms with Crippen LogP contribution in [0, 0.1) is 5.82 Å². The molecule has 0 fully saturated rings. The summed E-state index contributed by atoms with van der Waals surface area (Å²) >= 11 is 0. The first-order chi connectivity index (χ1) is 11.7. The molecule has 0 unspecified atom stereocenters. The van der Waals surface area contributed by atoms with Gasteiger partial charge in [0.15, 0.2) is 0 Å².